The van der Waals surface area contributed by atoms with Crippen molar-refractivity contribution < 1.29 is 14.3 Å². The molecule has 1 aliphatic rings. The van der Waals surface area contributed by atoms with E-state index >= 15 is 0 Å². The summed E-state index contributed by atoms with van der Waals surface area (Å²) in [5.74, 6) is -0.782. The molecule has 86 valence electrons. The quantitative estimate of drug-likeness (QED) is 0.583. The van der Waals surface area contributed by atoms with Gasteiger partial charge in [-0.3, -0.25) is 9.59 Å². The third-order valence-electron chi connectivity index (χ3n) is 2.93. The van der Waals surface area contributed by atoms with Gasteiger partial charge in [0.1, 0.15) is 11.7 Å². The standard InChI is InChI=1S/C11H13NO3S/c1-15-11(14)8-3-2-7(6-9(8)13)10-12-4-5-16-10/h4-5,7-8H,2-3,6H2,1H3. The van der Waals surface area contributed by atoms with Gasteiger partial charge in [-0.25, -0.2) is 4.98 Å². The van der Waals surface area contributed by atoms with Crippen molar-refractivity contribution in [2.75, 3.05) is 7.11 Å². The number of rotatable bonds is 2. The molecule has 5 heteroatoms. The minimum Gasteiger partial charge on any atom is -0.468 e. The first kappa shape index (κ1) is 11.3. The molecular formula is C11H13NO3S. The van der Waals surface area contributed by atoms with Gasteiger partial charge in [-0.1, -0.05) is 0 Å². The van der Waals surface area contributed by atoms with E-state index < -0.39 is 11.9 Å². The van der Waals surface area contributed by atoms with Crippen LogP contribution in [0.25, 0.3) is 0 Å². The molecule has 1 aliphatic carbocycles. The lowest BCUT2D eigenvalue weighted by Crippen LogP contribution is -2.31. The van der Waals surface area contributed by atoms with Gasteiger partial charge in [0, 0.05) is 23.9 Å². The van der Waals surface area contributed by atoms with E-state index in [0.29, 0.717) is 12.8 Å². The van der Waals surface area contributed by atoms with Crippen LogP contribution in [0.1, 0.15) is 30.2 Å². The SMILES string of the molecule is COC(=O)C1CCC(c2nccs2)CC1=O. The van der Waals surface area contributed by atoms with Crippen LogP contribution in [-0.2, 0) is 14.3 Å². The zero-order chi connectivity index (χ0) is 11.5. The lowest BCUT2D eigenvalue weighted by Gasteiger charge is -2.24. The number of hydrogen-bond donors (Lipinski definition) is 0. The van der Waals surface area contributed by atoms with Crippen LogP contribution in [0.15, 0.2) is 11.6 Å². The predicted molar refractivity (Wildman–Crippen MR) is 59.2 cm³/mol. The molecule has 1 aromatic heterocycles. The summed E-state index contributed by atoms with van der Waals surface area (Å²) in [6.45, 7) is 0. The van der Waals surface area contributed by atoms with Crippen molar-refractivity contribution >= 4 is 23.1 Å². The number of Topliss-reactive ketones (excluding diaryl/α,β-unsaturated/α-hetero) is 1. The Morgan fingerprint density at radius 1 is 1.56 bits per heavy atom. The highest BCUT2D eigenvalue weighted by atomic mass is 32.1. The fraction of sp³-hybridized carbons (Fsp3) is 0.545. The lowest BCUT2D eigenvalue weighted by atomic mass is 9.81. The molecule has 0 aliphatic heterocycles. The van der Waals surface area contributed by atoms with Gasteiger partial charge < -0.3 is 4.74 Å². The molecule has 0 bridgehead atoms. The molecule has 1 fully saturated rings. The van der Waals surface area contributed by atoms with Crippen LogP contribution in [0.4, 0.5) is 0 Å². The van der Waals surface area contributed by atoms with E-state index in [2.05, 4.69) is 9.72 Å². The van der Waals surface area contributed by atoms with Gasteiger partial charge in [-0.05, 0) is 12.8 Å². The van der Waals surface area contributed by atoms with Crippen molar-refractivity contribution in [1.82, 2.24) is 4.98 Å². The lowest BCUT2D eigenvalue weighted by molar-refractivity contribution is -0.150. The van der Waals surface area contributed by atoms with Gasteiger partial charge in [-0.2, -0.15) is 0 Å². The molecule has 0 N–H and O–H groups in total. The Morgan fingerprint density at radius 3 is 2.94 bits per heavy atom. The fourth-order valence-electron chi connectivity index (χ4n) is 2.05. The summed E-state index contributed by atoms with van der Waals surface area (Å²) in [5.41, 5.74) is 0. The molecule has 0 radical (unpaired) electrons. The summed E-state index contributed by atoms with van der Waals surface area (Å²) in [5, 5.41) is 2.91. The summed E-state index contributed by atoms with van der Waals surface area (Å²) in [7, 11) is 1.32. The Morgan fingerprint density at radius 2 is 2.38 bits per heavy atom. The van der Waals surface area contributed by atoms with Crippen molar-refractivity contribution in [1.29, 1.82) is 0 Å². The highest BCUT2D eigenvalue weighted by molar-refractivity contribution is 7.09. The Hall–Kier alpha value is -1.23. The summed E-state index contributed by atoms with van der Waals surface area (Å²) in [4.78, 5) is 27.3. The average Bonchev–Trinajstić information content (AvgIpc) is 2.81. The molecule has 2 atom stereocenters. The number of esters is 1. The first-order valence-corrected chi connectivity index (χ1v) is 6.10. The number of methoxy groups -OCH3 is 1. The number of ether oxygens (including phenoxy) is 1. The maximum Gasteiger partial charge on any atom is 0.316 e. The van der Waals surface area contributed by atoms with E-state index in [9.17, 15) is 9.59 Å². The maximum absolute atomic E-state index is 11.8. The van der Waals surface area contributed by atoms with Crippen molar-refractivity contribution in [2.24, 2.45) is 5.92 Å². The van der Waals surface area contributed by atoms with Gasteiger partial charge in [0.15, 0.2) is 0 Å². The van der Waals surface area contributed by atoms with Crippen LogP contribution in [0.2, 0.25) is 0 Å². The smallest absolute Gasteiger partial charge is 0.316 e. The zero-order valence-corrected chi connectivity index (χ0v) is 9.83. The molecule has 0 saturated heterocycles. The molecule has 0 amide bonds. The van der Waals surface area contributed by atoms with Gasteiger partial charge in [0.25, 0.3) is 0 Å². The van der Waals surface area contributed by atoms with Gasteiger partial charge in [-0.15, -0.1) is 11.3 Å². The Kier molecular flexibility index (Phi) is 3.33. The number of hydrogen-bond acceptors (Lipinski definition) is 5. The van der Waals surface area contributed by atoms with E-state index in [-0.39, 0.29) is 11.7 Å². The number of aromatic nitrogens is 1. The number of carbonyl (C=O) groups excluding carboxylic acids is 2. The van der Waals surface area contributed by atoms with E-state index in [1.54, 1.807) is 17.5 Å². The molecule has 0 aromatic carbocycles. The van der Waals surface area contributed by atoms with Gasteiger partial charge in [0.2, 0.25) is 0 Å². The number of carbonyl (C=O) groups is 2. The van der Waals surface area contributed by atoms with Crippen molar-refractivity contribution in [3.05, 3.63) is 16.6 Å². The minimum absolute atomic E-state index is 0.0155. The molecule has 1 aromatic rings. The van der Waals surface area contributed by atoms with Gasteiger partial charge in [0.05, 0.1) is 12.1 Å². The molecule has 4 nitrogen and oxygen atoms in total. The van der Waals surface area contributed by atoms with Crippen LogP contribution in [0.3, 0.4) is 0 Å². The summed E-state index contributed by atoms with van der Waals surface area (Å²) >= 11 is 1.57. The summed E-state index contributed by atoms with van der Waals surface area (Å²) in [6.07, 6.45) is 3.57. The van der Waals surface area contributed by atoms with Crippen LogP contribution >= 0.6 is 11.3 Å². The van der Waals surface area contributed by atoms with E-state index in [1.165, 1.54) is 7.11 Å². The van der Waals surface area contributed by atoms with E-state index in [0.717, 1.165) is 11.4 Å². The maximum atomic E-state index is 11.8. The molecule has 1 heterocycles. The Labute approximate surface area is 97.6 Å². The first-order valence-electron chi connectivity index (χ1n) is 5.22. The second-order valence-electron chi connectivity index (χ2n) is 3.89. The second-order valence-corrected chi connectivity index (χ2v) is 4.82. The number of ketones is 1. The Bertz CT molecular complexity index is 388. The number of nitrogens with zero attached hydrogens (tertiary/aromatic N) is 1. The third-order valence-corrected chi connectivity index (χ3v) is 3.86. The van der Waals surface area contributed by atoms with Crippen molar-refractivity contribution in [3.8, 4) is 0 Å². The molecule has 1 saturated carbocycles. The average molecular weight is 239 g/mol. The topological polar surface area (TPSA) is 56.3 Å². The largest absolute Gasteiger partial charge is 0.468 e. The fourth-order valence-corrected chi connectivity index (χ4v) is 2.83. The first-order chi connectivity index (χ1) is 7.72. The minimum atomic E-state index is -0.554. The second kappa shape index (κ2) is 4.74. The van der Waals surface area contributed by atoms with Gasteiger partial charge >= 0.3 is 5.97 Å². The molecule has 2 unspecified atom stereocenters. The Balaban J connectivity index is 2.03. The molecule has 0 spiro atoms. The van der Waals surface area contributed by atoms with Crippen LogP contribution in [0, 0.1) is 5.92 Å². The normalized spacial score (nSPS) is 25.4. The van der Waals surface area contributed by atoms with Crippen molar-refractivity contribution in [2.45, 2.75) is 25.2 Å². The summed E-state index contributed by atoms with van der Waals surface area (Å²) < 4.78 is 4.61. The van der Waals surface area contributed by atoms with Crippen LogP contribution in [-0.4, -0.2) is 23.8 Å². The van der Waals surface area contributed by atoms with Crippen LogP contribution in [0.5, 0.6) is 0 Å². The highest BCUT2D eigenvalue weighted by Crippen LogP contribution is 2.34. The molecule has 2 rings (SSSR count). The van der Waals surface area contributed by atoms with Crippen LogP contribution < -0.4 is 0 Å². The van der Waals surface area contributed by atoms with E-state index in [4.69, 9.17) is 0 Å². The van der Waals surface area contributed by atoms with Crippen molar-refractivity contribution in [3.63, 3.8) is 0 Å². The predicted octanol–water partition coefficient (Wildman–Crippen LogP) is 1.77. The number of thiazole rings is 1. The monoisotopic (exact) mass is 239 g/mol. The highest BCUT2D eigenvalue weighted by Gasteiger charge is 2.35. The molecule has 16 heavy (non-hydrogen) atoms. The van der Waals surface area contributed by atoms with E-state index in [1.807, 2.05) is 5.38 Å². The summed E-state index contributed by atoms with van der Waals surface area (Å²) in [6, 6.07) is 0. The third kappa shape index (κ3) is 2.14. The molecular weight excluding hydrogens is 226 g/mol. The zero-order valence-electron chi connectivity index (χ0n) is 9.01.